The number of rotatable bonds is 4. The third-order valence-electron chi connectivity index (χ3n) is 4.60. The summed E-state index contributed by atoms with van der Waals surface area (Å²) in [6.07, 6.45) is -0.625. The quantitative estimate of drug-likeness (QED) is 0.616. The fraction of sp³-hybridized carbons (Fsp3) is 0.286. The number of methoxy groups -OCH3 is 1. The highest BCUT2D eigenvalue weighted by atomic mass is 32.1. The number of hydrogen-bond donors (Lipinski definition) is 0. The number of hydrogen-bond acceptors (Lipinski definition) is 6. The van der Waals surface area contributed by atoms with Crippen LogP contribution in [0.25, 0.3) is 10.2 Å². The van der Waals surface area contributed by atoms with Crippen molar-refractivity contribution in [1.82, 2.24) is 4.57 Å². The van der Waals surface area contributed by atoms with E-state index in [0.717, 1.165) is 15.8 Å². The van der Waals surface area contributed by atoms with Crippen molar-refractivity contribution in [2.75, 3.05) is 13.7 Å². The highest BCUT2D eigenvalue weighted by Crippen LogP contribution is 2.31. The minimum absolute atomic E-state index is 0.103. The lowest BCUT2D eigenvalue weighted by Crippen LogP contribution is -2.36. The second-order valence-corrected chi connectivity index (χ2v) is 7.66. The van der Waals surface area contributed by atoms with Crippen molar-refractivity contribution >= 4 is 33.4 Å². The van der Waals surface area contributed by atoms with Crippen molar-refractivity contribution in [1.29, 1.82) is 0 Å². The molecule has 0 N–H and O–H groups in total. The van der Waals surface area contributed by atoms with Crippen LogP contribution in [-0.2, 0) is 20.9 Å². The number of aromatic nitrogens is 1. The van der Waals surface area contributed by atoms with E-state index >= 15 is 0 Å². The zero-order valence-corrected chi connectivity index (χ0v) is 16.9. The number of fused-ring (bicyclic) bond motifs is 2. The van der Waals surface area contributed by atoms with Crippen molar-refractivity contribution < 1.29 is 23.8 Å². The first-order valence-corrected chi connectivity index (χ1v) is 10.0. The number of carbonyl (C=O) groups is 2. The number of benzene rings is 2. The van der Waals surface area contributed by atoms with Crippen LogP contribution in [0.3, 0.4) is 0 Å². The molecule has 2 heterocycles. The third-order valence-corrected chi connectivity index (χ3v) is 5.64. The summed E-state index contributed by atoms with van der Waals surface area (Å²) >= 11 is 1.40. The summed E-state index contributed by atoms with van der Waals surface area (Å²) in [6, 6.07) is 13.2. The predicted molar refractivity (Wildman–Crippen MR) is 108 cm³/mol. The Labute approximate surface area is 171 Å². The molecule has 0 fully saturated rings. The van der Waals surface area contributed by atoms with E-state index in [9.17, 15) is 9.59 Å². The molecular weight excluding hydrogens is 392 g/mol. The zero-order valence-electron chi connectivity index (χ0n) is 16.1. The van der Waals surface area contributed by atoms with Gasteiger partial charge in [-0.25, -0.2) is 0 Å². The standard InChI is InChI=1S/C21H20N2O5S/c1-13-7-8-14-18(11-13)29-21(23(14)10-9-19(24)26-2)22-20(25)17-12-27-15-5-3-4-6-16(15)28-17/h3-8,11,17H,9-10,12H2,1-2H3/t17-/m0/s1. The third kappa shape index (κ3) is 4.02. The van der Waals surface area contributed by atoms with E-state index in [4.69, 9.17) is 14.2 Å². The molecule has 0 radical (unpaired) electrons. The van der Waals surface area contributed by atoms with Gasteiger partial charge in [0.25, 0.3) is 5.91 Å². The molecule has 8 heteroatoms. The maximum atomic E-state index is 12.8. The number of esters is 1. The highest BCUT2D eigenvalue weighted by Gasteiger charge is 2.27. The maximum Gasteiger partial charge on any atom is 0.307 e. The summed E-state index contributed by atoms with van der Waals surface area (Å²) in [6.45, 7) is 2.47. The number of thiazole rings is 1. The van der Waals surface area contributed by atoms with Crippen LogP contribution < -0.4 is 14.3 Å². The summed E-state index contributed by atoms with van der Waals surface area (Å²) in [5.41, 5.74) is 2.03. The molecule has 1 aliphatic rings. The van der Waals surface area contributed by atoms with Crippen molar-refractivity contribution in [2.45, 2.75) is 26.0 Å². The molecule has 0 aliphatic carbocycles. The van der Waals surface area contributed by atoms with Crippen LogP contribution in [0.2, 0.25) is 0 Å². The molecule has 3 aromatic rings. The summed E-state index contributed by atoms with van der Waals surface area (Å²) in [7, 11) is 1.36. The van der Waals surface area contributed by atoms with Gasteiger partial charge in [-0.05, 0) is 36.8 Å². The molecule has 1 aromatic heterocycles. The van der Waals surface area contributed by atoms with Crippen LogP contribution in [-0.4, -0.2) is 36.3 Å². The number of carbonyl (C=O) groups excluding carboxylic acids is 2. The lowest BCUT2D eigenvalue weighted by molar-refractivity contribution is -0.140. The SMILES string of the molecule is COC(=O)CCn1c(=NC(=O)[C@@H]2COc3ccccc3O2)sc2cc(C)ccc21. The molecule has 2 aromatic carbocycles. The van der Waals surface area contributed by atoms with Crippen LogP contribution in [0.15, 0.2) is 47.5 Å². The number of aryl methyl sites for hydroxylation is 2. The van der Waals surface area contributed by atoms with Gasteiger partial charge in [0.1, 0.15) is 6.61 Å². The minimum Gasteiger partial charge on any atom is -0.485 e. The molecule has 0 spiro atoms. The Morgan fingerprint density at radius 1 is 1.24 bits per heavy atom. The Morgan fingerprint density at radius 2 is 2.03 bits per heavy atom. The largest absolute Gasteiger partial charge is 0.485 e. The van der Waals surface area contributed by atoms with Crippen molar-refractivity contribution in [3.05, 3.63) is 52.8 Å². The van der Waals surface area contributed by atoms with Crippen LogP contribution in [0.5, 0.6) is 11.5 Å². The van der Waals surface area contributed by atoms with E-state index in [1.165, 1.54) is 18.4 Å². The average Bonchev–Trinajstić information content (AvgIpc) is 3.07. The molecular formula is C21H20N2O5S. The molecule has 0 bridgehead atoms. The molecule has 150 valence electrons. The Bertz CT molecular complexity index is 1150. The summed E-state index contributed by atoms with van der Waals surface area (Å²) < 4.78 is 19.0. The van der Waals surface area contributed by atoms with Crippen molar-refractivity contribution in [3.63, 3.8) is 0 Å². The second kappa shape index (κ2) is 8.08. The van der Waals surface area contributed by atoms with E-state index in [2.05, 4.69) is 4.99 Å². The summed E-state index contributed by atoms with van der Waals surface area (Å²) in [4.78, 5) is 29.3. The van der Waals surface area contributed by atoms with Crippen LogP contribution in [0, 0.1) is 6.92 Å². The monoisotopic (exact) mass is 412 g/mol. The van der Waals surface area contributed by atoms with Gasteiger partial charge in [-0.2, -0.15) is 4.99 Å². The Balaban J connectivity index is 1.67. The minimum atomic E-state index is -0.814. The van der Waals surface area contributed by atoms with Gasteiger partial charge in [0.15, 0.2) is 16.3 Å². The molecule has 0 saturated carbocycles. The van der Waals surface area contributed by atoms with E-state index in [1.807, 2.05) is 41.8 Å². The topological polar surface area (TPSA) is 79.1 Å². The zero-order chi connectivity index (χ0) is 20.4. The number of ether oxygens (including phenoxy) is 3. The Hall–Kier alpha value is -3.13. The summed E-state index contributed by atoms with van der Waals surface area (Å²) in [5.74, 6) is 0.399. The number of para-hydroxylation sites is 2. The molecule has 29 heavy (non-hydrogen) atoms. The fourth-order valence-electron chi connectivity index (χ4n) is 3.09. The fourth-order valence-corrected chi connectivity index (χ4v) is 4.25. The van der Waals surface area contributed by atoms with Crippen LogP contribution >= 0.6 is 11.3 Å². The van der Waals surface area contributed by atoms with Crippen LogP contribution in [0.1, 0.15) is 12.0 Å². The van der Waals surface area contributed by atoms with Crippen LogP contribution in [0.4, 0.5) is 0 Å². The van der Waals surface area contributed by atoms with Gasteiger partial charge in [-0.15, -0.1) is 0 Å². The Kier molecular flexibility index (Phi) is 5.35. The normalized spacial score (nSPS) is 16.1. The van der Waals surface area contributed by atoms with Gasteiger partial charge >= 0.3 is 5.97 Å². The molecule has 1 amide bonds. The van der Waals surface area contributed by atoms with E-state index in [0.29, 0.717) is 22.8 Å². The van der Waals surface area contributed by atoms with Gasteiger partial charge in [0, 0.05) is 6.54 Å². The first kappa shape index (κ1) is 19.2. The predicted octanol–water partition coefficient (Wildman–Crippen LogP) is 2.84. The maximum absolute atomic E-state index is 12.8. The van der Waals surface area contributed by atoms with E-state index < -0.39 is 12.0 Å². The number of amides is 1. The lowest BCUT2D eigenvalue weighted by Gasteiger charge is -2.23. The first-order valence-electron chi connectivity index (χ1n) is 9.19. The van der Waals surface area contributed by atoms with Crippen molar-refractivity contribution in [3.8, 4) is 11.5 Å². The number of nitrogens with zero attached hydrogens (tertiary/aromatic N) is 2. The molecule has 1 aliphatic heterocycles. The van der Waals surface area contributed by atoms with Gasteiger partial charge in [-0.1, -0.05) is 29.5 Å². The van der Waals surface area contributed by atoms with Gasteiger partial charge in [0.05, 0.1) is 23.7 Å². The molecule has 7 nitrogen and oxygen atoms in total. The van der Waals surface area contributed by atoms with E-state index in [1.54, 1.807) is 12.1 Å². The molecule has 0 saturated heterocycles. The lowest BCUT2D eigenvalue weighted by atomic mass is 10.2. The van der Waals surface area contributed by atoms with Gasteiger partial charge in [-0.3, -0.25) is 9.59 Å². The van der Waals surface area contributed by atoms with Gasteiger partial charge in [0.2, 0.25) is 6.10 Å². The van der Waals surface area contributed by atoms with Crippen molar-refractivity contribution in [2.24, 2.45) is 4.99 Å². The summed E-state index contributed by atoms with van der Waals surface area (Å²) in [5, 5.41) is 0. The second-order valence-electron chi connectivity index (χ2n) is 6.65. The molecule has 4 rings (SSSR count). The smallest absolute Gasteiger partial charge is 0.307 e. The highest BCUT2D eigenvalue weighted by molar-refractivity contribution is 7.16. The van der Waals surface area contributed by atoms with E-state index in [-0.39, 0.29) is 19.0 Å². The average molecular weight is 412 g/mol. The van der Waals surface area contributed by atoms with Gasteiger partial charge < -0.3 is 18.8 Å². The first-order chi connectivity index (χ1) is 14.0. The molecule has 1 atom stereocenters. The molecule has 0 unspecified atom stereocenters. The Morgan fingerprint density at radius 3 is 2.83 bits per heavy atom.